The van der Waals surface area contributed by atoms with Crippen molar-refractivity contribution in [1.82, 2.24) is 0 Å². The SMILES string of the molecule is Nc1ccc2ocbc2c1. The molecule has 0 aliphatic carbocycles. The Balaban J connectivity index is 2.86. The molecule has 0 amide bonds. The molecule has 0 radical (unpaired) electrons. The summed E-state index contributed by atoms with van der Waals surface area (Å²) < 4.78 is 5.12. The molecule has 0 aliphatic heterocycles. The Morgan fingerprint density at radius 1 is 1.40 bits per heavy atom. The van der Waals surface area contributed by atoms with Gasteiger partial charge < -0.3 is 0 Å². The minimum absolute atomic E-state index is 0.772. The van der Waals surface area contributed by atoms with Gasteiger partial charge in [0.1, 0.15) is 0 Å². The number of nitrogen functional groups attached to an aromatic ring is 1. The van der Waals surface area contributed by atoms with Gasteiger partial charge in [-0.3, -0.25) is 0 Å². The molecular weight excluding hydrogens is 125 g/mol. The van der Waals surface area contributed by atoms with Gasteiger partial charge in [0.2, 0.25) is 0 Å². The van der Waals surface area contributed by atoms with E-state index in [0.717, 1.165) is 16.6 Å². The molecule has 1 heterocycles. The van der Waals surface area contributed by atoms with Crippen LogP contribution in [0.3, 0.4) is 0 Å². The second kappa shape index (κ2) is 1.87. The van der Waals surface area contributed by atoms with Crippen LogP contribution in [0.2, 0.25) is 0 Å². The minimum atomic E-state index is 0.772. The molecule has 1 aromatic carbocycles. The van der Waals surface area contributed by atoms with Gasteiger partial charge in [-0.25, -0.2) is 0 Å². The van der Waals surface area contributed by atoms with Crippen molar-refractivity contribution in [2.75, 3.05) is 5.73 Å². The molecule has 0 fully saturated rings. The number of anilines is 1. The Morgan fingerprint density at radius 3 is 3.20 bits per heavy atom. The number of hydrogen-bond donors (Lipinski definition) is 1. The third-order valence-corrected chi connectivity index (χ3v) is 1.48. The first kappa shape index (κ1) is 5.53. The summed E-state index contributed by atoms with van der Waals surface area (Å²) in [6.07, 6.45) is 1.66. The number of hydrogen-bond acceptors (Lipinski definition) is 2. The Hall–Kier alpha value is -1.25. The van der Waals surface area contributed by atoms with E-state index >= 15 is 0 Å². The Labute approximate surface area is 58.8 Å². The van der Waals surface area contributed by atoms with Crippen LogP contribution < -0.4 is 5.73 Å². The number of benzene rings is 1. The van der Waals surface area contributed by atoms with Gasteiger partial charge in [-0.2, -0.15) is 0 Å². The number of fused-ring (bicyclic) bond motifs is 1. The fraction of sp³-hybridized carbons (Fsp3) is 0. The Bertz CT molecular complexity index is 355. The zero-order chi connectivity index (χ0) is 6.97. The molecule has 2 rings (SSSR count). The van der Waals surface area contributed by atoms with Crippen molar-refractivity contribution in [1.29, 1.82) is 0 Å². The van der Waals surface area contributed by atoms with Crippen LogP contribution >= 0.6 is 0 Å². The molecule has 10 heavy (non-hydrogen) atoms. The fourth-order valence-corrected chi connectivity index (χ4v) is 0.985. The summed E-state index contributed by atoms with van der Waals surface area (Å²) in [5.41, 5.74) is 7.20. The van der Waals surface area contributed by atoms with Crippen molar-refractivity contribution in [2.45, 2.75) is 0 Å². The van der Waals surface area contributed by atoms with E-state index in [-0.39, 0.29) is 0 Å². The maximum absolute atomic E-state index is 5.54. The molecule has 3 heteroatoms. The molecular formula is C7H6BNO. The quantitative estimate of drug-likeness (QED) is 0.548. The Morgan fingerprint density at radius 2 is 2.30 bits per heavy atom. The topological polar surface area (TPSA) is 39.2 Å². The molecule has 2 aromatic rings. The van der Waals surface area contributed by atoms with E-state index < -0.39 is 0 Å². The summed E-state index contributed by atoms with van der Waals surface area (Å²) >= 11 is 0. The Kier molecular flexibility index (Phi) is 1.03. The zero-order valence-electron chi connectivity index (χ0n) is 5.37. The molecule has 48 valence electrons. The third-order valence-electron chi connectivity index (χ3n) is 1.48. The summed E-state index contributed by atoms with van der Waals surface area (Å²) in [6.45, 7) is 1.89. The van der Waals surface area contributed by atoms with Crippen LogP contribution in [0.4, 0.5) is 5.69 Å². The predicted octanol–water partition coefficient (Wildman–Crippen LogP) is 1.35. The van der Waals surface area contributed by atoms with Crippen LogP contribution in [0.1, 0.15) is 0 Å². The van der Waals surface area contributed by atoms with Gasteiger partial charge in [0.25, 0.3) is 0 Å². The van der Waals surface area contributed by atoms with Crippen molar-refractivity contribution in [3.8, 4) is 0 Å². The van der Waals surface area contributed by atoms with Crippen LogP contribution in [0.25, 0.3) is 10.9 Å². The molecule has 0 bridgehead atoms. The molecule has 0 unspecified atom stereocenters. The molecule has 0 saturated carbocycles. The molecule has 0 aliphatic rings. The first-order valence-electron chi connectivity index (χ1n) is 3.09. The fourth-order valence-electron chi connectivity index (χ4n) is 0.985. The van der Waals surface area contributed by atoms with Gasteiger partial charge in [0.05, 0.1) is 0 Å². The van der Waals surface area contributed by atoms with E-state index in [2.05, 4.69) is 0 Å². The van der Waals surface area contributed by atoms with E-state index in [9.17, 15) is 0 Å². The summed E-state index contributed by atoms with van der Waals surface area (Å²) in [5.74, 6) is 0. The average Bonchev–Trinajstić information content (AvgIpc) is 2.33. The van der Waals surface area contributed by atoms with Crippen molar-refractivity contribution in [3.63, 3.8) is 0 Å². The van der Waals surface area contributed by atoms with Crippen molar-refractivity contribution in [3.05, 3.63) is 24.4 Å². The number of nitrogens with two attached hydrogens (primary N) is 1. The summed E-state index contributed by atoms with van der Waals surface area (Å²) in [4.78, 5) is 0. The van der Waals surface area contributed by atoms with Crippen LogP contribution in [-0.2, 0) is 0 Å². The normalized spacial score (nSPS) is 10.0. The van der Waals surface area contributed by atoms with Gasteiger partial charge in [-0.05, 0) is 0 Å². The van der Waals surface area contributed by atoms with Crippen LogP contribution in [0.5, 0.6) is 0 Å². The molecule has 1 aromatic heterocycles. The van der Waals surface area contributed by atoms with E-state index in [4.69, 9.17) is 10.2 Å². The first-order valence-corrected chi connectivity index (χ1v) is 3.09. The van der Waals surface area contributed by atoms with Gasteiger partial charge >= 0.3 is 58.0 Å². The van der Waals surface area contributed by atoms with Crippen molar-refractivity contribution >= 4 is 23.5 Å². The zero-order valence-corrected chi connectivity index (χ0v) is 5.37. The predicted molar refractivity (Wildman–Crippen MR) is 42.0 cm³/mol. The molecule has 0 saturated heterocycles. The van der Waals surface area contributed by atoms with Gasteiger partial charge in [-0.1, -0.05) is 0 Å². The van der Waals surface area contributed by atoms with Gasteiger partial charge in [0.15, 0.2) is 0 Å². The second-order valence-electron chi connectivity index (χ2n) is 2.22. The molecule has 0 spiro atoms. The first-order chi connectivity index (χ1) is 4.86. The third kappa shape index (κ3) is 0.710. The van der Waals surface area contributed by atoms with E-state index in [0.29, 0.717) is 0 Å². The standard InChI is InChI=1S/C7H6BNO/c9-5-1-2-7-6(3-5)8-4-10-7/h1-4H,9H2. The van der Waals surface area contributed by atoms with Crippen LogP contribution in [-0.4, -0.2) is 6.91 Å². The summed E-state index contributed by atoms with van der Waals surface area (Å²) in [5, 5.41) is 1.06. The second-order valence-corrected chi connectivity index (χ2v) is 2.22. The summed E-state index contributed by atoms with van der Waals surface area (Å²) in [7, 11) is 0. The van der Waals surface area contributed by atoms with Crippen LogP contribution in [0, 0.1) is 0 Å². The van der Waals surface area contributed by atoms with Crippen molar-refractivity contribution in [2.24, 2.45) is 0 Å². The maximum atomic E-state index is 5.54. The molecule has 2 nitrogen and oxygen atoms in total. The molecule has 2 N–H and O–H groups in total. The van der Waals surface area contributed by atoms with Gasteiger partial charge in [-0.15, -0.1) is 0 Å². The van der Waals surface area contributed by atoms with Crippen molar-refractivity contribution < 1.29 is 4.42 Å². The average molecular weight is 131 g/mol. The number of rotatable bonds is 0. The van der Waals surface area contributed by atoms with E-state index in [1.165, 1.54) is 0 Å². The monoisotopic (exact) mass is 131 g/mol. The van der Waals surface area contributed by atoms with E-state index in [1.54, 1.807) is 6.16 Å². The molecule has 0 atom stereocenters. The summed E-state index contributed by atoms with van der Waals surface area (Å²) in [6, 6.07) is 5.58. The van der Waals surface area contributed by atoms with Crippen LogP contribution in [0.15, 0.2) is 28.8 Å². The van der Waals surface area contributed by atoms with E-state index in [1.807, 2.05) is 25.1 Å². The van der Waals surface area contributed by atoms with Gasteiger partial charge in [0, 0.05) is 0 Å².